The summed E-state index contributed by atoms with van der Waals surface area (Å²) in [5, 5.41) is 21.8. The standard InChI is InChI=1S/C41H40FN13O5S/c1-23(2)60-37-36(25-19-44-45-20-25)43-22-55-39(37)48-40(50-55)46-31-10-8-28(17-30(31)42)61(58,59)27-6-4-5-24(15-27)21-52-13-14-53(34-18-33(34)52)26-7-9-29-32(16-26)51(3)49-38(29)54-12-11-35(56)47-41(54)57/h4-10,15-17,19-20,22-23,33-34H,11-14,18,21H2,1-3H3,(H,44,45)(H,46,50)(H,47,56,57). The second kappa shape index (κ2) is 14.7. The van der Waals surface area contributed by atoms with Crippen molar-refractivity contribution < 1.29 is 27.1 Å². The number of H-pyrrole nitrogens is 1. The highest BCUT2D eigenvalue weighted by Gasteiger charge is 2.49. The second-order valence-corrected chi connectivity index (χ2v) is 17.6. The molecule has 0 spiro atoms. The molecule has 0 bridgehead atoms. The van der Waals surface area contributed by atoms with Crippen LogP contribution in [0.15, 0.2) is 89.2 Å². The predicted octanol–water partition coefficient (Wildman–Crippen LogP) is 4.81. The van der Waals surface area contributed by atoms with Crippen LogP contribution in [0.1, 0.15) is 32.3 Å². The van der Waals surface area contributed by atoms with Gasteiger partial charge in [0, 0.05) is 74.6 Å². The van der Waals surface area contributed by atoms with Gasteiger partial charge < -0.3 is 15.0 Å². The van der Waals surface area contributed by atoms with Crippen LogP contribution in [0.5, 0.6) is 5.75 Å². The van der Waals surface area contributed by atoms with Crippen molar-refractivity contribution in [2.24, 2.45) is 7.05 Å². The van der Waals surface area contributed by atoms with Crippen LogP contribution in [-0.4, -0.2) is 103 Å². The van der Waals surface area contributed by atoms with E-state index >= 15 is 4.39 Å². The van der Waals surface area contributed by atoms with Crippen molar-refractivity contribution in [3.8, 4) is 17.0 Å². The number of hydrogen-bond donors (Lipinski definition) is 3. The predicted molar refractivity (Wildman–Crippen MR) is 222 cm³/mol. The number of nitrogens with one attached hydrogen (secondary N) is 3. The Kier molecular flexibility index (Phi) is 9.20. The number of anilines is 4. The van der Waals surface area contributed by atoms with Crippen molar-refractivity contribution in [1.82, 2.24) is 49.8 Å². The van der Waals surface area contributed by atoms with Crippen LogP contribution >= 0.6 is 0 Å². The minimum absolute atomic E-state index is 0.00805. The van der Waals surface area contributed by atoms with Gasteiger partial charge in [0.2, 0.25) is 27.3 Å². The number of rotatable bonds is 11. The van der Waals surface area contributed by atoms with E-state index < -0.39 is 21.7 Å². The smallest absolute Gasteiger partial charge is 0.329 e. The molecule has 2 unspecified atom stereocenters. The number of aromatic nitrogens is 8. The van der Waals surface area contributed by atoms with E-state index in [0.717, 1.165) is 47.7 Å². The van der Waals surface area contributed by atoms with Crippen LogP contribution in [0.4, 0.5) is 32.3 Å². The van der Waals surface area contributed by atoms with Crippen molar-refractivity contribution in [3.05, 3.63) is 90.8 Å². The molecule has 0 radical (unpaired) electrons. The molecule has 3 aromatic carbocycles. The topological polar surface area (TPSA) is 201 Å². The summed E-state index contributed by atoms with van der Waals surface area (Å²) in [6.45, 7) is 6.13. The normalized spacial score (nSPS) is 18.2. The SMILES string of the molecule is CC(C)Oc1c(-c2cn[nH]c2)ncn2nc(Nc3ccc(S(=O)(=O)c4cccc(CN5CCN(c6ccc7c(N8CCC(=O)NC8=O)nn(C)c7c6)C6CC65)c4)cc3F)nc12. The third kappa shape index (κ3) is 6.96. The van der Waals surface area contributed by atoms with Crippen molar-refractivity contribution >= 4 is 61.5 Å². The number of carbonyl (C=O) groups is 2. The van der Waals surface area contributed by atoms with Gasteiger partial charge in [0.1, 0.15) is 17.8 Å². The van der Waals surface area contributed by atoms with Gasteiger partial charge in [-0.15, -0.1) is 5.10 Å². The van der Waals surface area contributed by atoms with Gasteiger partial charge in [-0.2, -0.15) is 19.7 Å². The van der Waals surface area contributed by atoms with E-state index in [2.05, 4.69) is 62.9 Å². The number of piperazine rings is 1. The molecule has 6 heterocycles. The number of urea groups is 1. The summed E-state index contributed by atoms with van der Waals surface area (Å²) in [6.07, 6.45) is 5.75. The van der Waals surface area contributed by atoms with Crippen molar-refractivity contribution in [2.45, 2.75) is 61.2 Å². The number of amides is 3. The Morgan fingerprint density at radius 2 is 1.85 bits per heavy atom. The maximum Gasteiger partial charge on any atom is 0.329 e. The fraction of sp³-hybridized carbons (Fsp3) is 0.293. The molecule has 3 fully saturated rings. The van der Waals surface area contributed by atoms with E-state index in [4.69, 9.17) is 4.74 Å². The van der Waals surface area contributed by atoms with Crippen LogP contribution in [0.25, 0.3) is 27.8 Å². The number of hydrogen-bond acceptors (Lipinski definition) is 13. The molecule has 2 saturated heterocycles. The third-order valence-corrected chi connectivity index (χ3v) is 13.0. The summed E-state index contributed by atoms with van der Waals surface area (Å²) in [7, 11) is -2.23. The number of carbonyl (C=O) groups excluding carboxylic acids is 2. The molecule has 1 aliphatic carbocycles. The van der Waals surface area contributed by atoms with Crippen LogP contribution in [-0.2, 0) is 28.2 Å². The first-order valence-corrected chi connectivity index (χ1v) is 21.3. The Hall–Kier alpha value is -6.93. The molecule has 18 nitrogen and oxygen atoms in total. The monoisotopic (exact) mass is 845 g/mol. The van der Waals surface area contributed by atoms with Crippen molar-refractivity contribution in [3.63, 3.8) is 0 Å². The molecule has 2 aliphatic heterocycles. The van der Waals surface area contributed by atoms with E-state index in [1.54, 1.807) is 29.2 Å². The summed E-state index contributed by atoms with van der Waals surface area (Å²) in [6, 6.07) is 16.8. The van der Waals surface area contributed by atoms with E-state index in [9.17, 15) is 18.0 Å². The molecule has 4 aromatic heterocycles. The quantitative estimate of drug-likeness (QED) is 0.160. The van der Waals surface area contributed by atoms with Gasteiger partial charge in [0.05, 0.1) is 33.3 Å². The fourth-order valence-electron chi connectivity index (χ4n) is 8.24. The summed E-state index contributed by atoms with van der Waals surface area (Å²) in [5.74, 6) is -0.118. The number of nitrogens with zero attached hydrogens (tertiary/aromatic N) is 10. The van der Waals surface area contributed by atoms with Gasteiger partial charge in [0.25, 0.3) is 0 Å². The highest BCUT2D eigenvalue weighted by atomic mass is 32.2. The minimum Gasteiger partial charge on any atom is -0.485 e. The Morgan fingerprint density at radius 3 is 2.64 bits per heavy atom. The zero-order valence-corrected chi connectivity index (χ0v) is 34.1. The first-order valence-electron chi connectivity index (χ1n) is 19.8. The van der Waals surface area contributed by atoms with E-state index in [1.165, 1.54) is 33.9 Å². The van der Waals surface area contributed by atoms with Gasteiger partial charge >= 0.3 is 6.03 Å². The maximum atomic E-state index is 15.7. The van der Waals surface area contributed by atoms with Crippen LogP contribution in [0.3, 0.4) is 0 Å². The van der Waals surface area contributed by atoms with E-state index in [-0.39, 0.29) is 46.4 Å². The van der Waals surface area contributed by atoms with Gasteiger partial charge in [-0.25, -0.2) is 22.6 Å². The zero-order valence-electron chi connectivity index (χ0n) is 33.3. The molecule has 61 heavy (non-hydrogen) atoms. The Balaban J connectivity index is 0.816. The molecule has 20 heteroatoms. The Labute approximate surface area is 348 Å². The summed E-state index contributed by atoms with van der Waals surface area (Å²) < 4.78 is 52.6. The lowest BCUT2D eigenvalue weighted by molar-refractivity contribution is -0.120. The van der Waals surface area contributed by atoms with Gasteiger partial charge in [-0.1, -0.05) is 12.1 Å². The first kappa shape index (κ1) is 38.3. The number of aryl methyl sites for hydroxylation is 1. The summed E-state index contributed by atoms with van der Waals surface area (Å²) in [4.78, 5) is 39.4. The van der Waals surface area contributed by atoms with Crippen LogP contribution < -0.4 is 25.2 Å². The number of ether oxygens (including phenoxy) is 1. The van der Waals surface area contributed by atoms with E-state index in [1.807, 2.05) is 33.0 Å². The van der Waals surface area contributed by atoms with Gasteiger partial charge in [-0.3, -0.25) is 29.7 Å². The Bertz CT molecular complexity index is 2990. The molecule has 3 N–H and O–H groups in total. The zero-order chi connectivity index (χ0) is 42.2. The second-order valence-electron chi connectivity index (χ2n) is 15.6. The molecule has 3 aliphatic rings. The number of sulfone groups is 1. The fourth-order valence-corrected chi connectivity index (χ4v) is 9.58. The van der Waals surface area contributed by atoms with Crippen LogP contribution in [0, 0.1) is 5.82 Å². The average molecular weight is 846 g/mol. The molecule has 2 atom stereocenters. The number of halogens is 1. The Morgan fingerprint density at radius 1 is 1.00 bits per heavy atom. The number of fused-ring (bicyclic) bond motifs is 3. The molecule has 312 valence electrons. The molecular weight excluding hydrogens is 806 g/mol. The lowest BCUT2D eigenvalue weighted by atomic mass is 10.1. The first-order chi connectivity index (χ1) is 29.4. The van der Waals surface area contributed by atoms with Gasteiger partial charge in [-0.05, 0) is 74.4 Å². The third-order valence-electron chi connectivity index (χ3n) is 11.2. The number of imide groups is 1. The summed E-state index contributed by atoms with van der Waals surface area (Å²) >= 11 is 0. The van der Waals surface area contributed by atoms with Crippen molar-refractivity contribution in [1.29, 1.82) is 0 Å². The molecular formula is C41H40FN13O5S. The minimum atomic E-state index is -4.07. The largest absolute Gasteiger partial charge is 0.485 e. The number of benzene rings is 3. The summed E-state index contributed by atoms with van der Waals surface area (Å²) in [5.41, 5.74) is 4.34. The average Bonchev–Trinajstić information content (AvgIpc) is 3.50. The maximum absolute atomic E-state index is 15.7. The van der Waals surface area contributed by atoms with Crippen molar-refractivity contribution in [2.75, 3.05) is 34.8 Å². The van der Waals surface area contributed by atoms with E-state index in [0.29, 0.717) is 47.1 Å². The molecule has 1 saturated carbocycles. The van der Waals surface area contributed by atoms with Crippen LogP contribution in [0.2, 0.25) is 0 Å². The lowest BCUT2D eigenvalue weighted by Gasteiger charge is -2.35. The highest BCUT2D eigenvalue weighted by Crippen LogP contribution is 2.42. The lowest BCUT2D eigenvalue weighted by Crippen LogP contribution is -2.49. The van der Waals surface area contributed by atoms with Gasteiger partial charge in [0.15, 0.2) is 11.6 Å². The molecule has 3 amide bonds. The highest BCUT2D eigenvalue weighted by molar-refractivity contribution is 7.91. The molecule has 10 rings (SSSR count). The number of aromatic amines is 1. The molecule has 7 aromatic rings.